The van der Waals surface area contributed by atoms with Crippen LogP contribution in [0.3, 0.4) is 0 Å². The molecule has 0 N–H and O–H groups in total. The average molecular weight is 271 g/mol. The highest BCUT2D eigenvalue weighted by atomic mass is 35.5. The van der Waals surface area contributed by atoms with Crippen LogP contribution in [0.25, 0.3) is 0 Å². The van der Waals surface area contributed by atoms with Gasteiger partial charge in [-0.25, -0.2) is 4.98 Å². The molecule has 16 heavy (non-hydrogen) atoms. The summed E-state index contributed by atoms with van der Waals surface area (Å²) in [5.74, 6) is 0.745. The van der Waals surface area contributed by atoms with Crippen LogP contribution >= 0.6 is 34.9 Å². The van der Waals surface area contributed by atoms with E-state index < -0.39 is 0 Å². The van der Waals surface area contributed by atoms with E-state index >= 15 is 0 Å². The molecule has 0 saturated carbocycles. The Morgan fingerprint density at radius 1 is 1.50 bits per heavy atom. The molecule has 0 fully saturated rings. The molecule has 0 saturated heterocycles. The van der Waals surface area contributed by atoms with Crippen molar-refractivity contribution in [3.8, 4) is 0 Å². The van der Waals surface area contributed by atoms with Crippen molar-refractivity contribution in [2.24, 2.45) is 0 Å². The first kappa shape index (κ1) is 11.6. The molecule has 2 rings (SSSR count). The predicted octanol–water partition coefficient (Wildman–Crippen LogP) is 3.46. The molecule has 0 aliphatic heterocycles. The van der Waals surface area contributed by atoms with E-state index in [0.717, 1.165) is 21.3 Å². The molecular formula is C10H7ClN2OS2. The fraction of sp³-hybridized carbons (Fsp3) is 0.100. The van der Waals surface area contributed by atoms with Crippen LogP contribution in [0.15, 0.2) is 27.4 Å². The van der Waals surface area contributed by atoms with E-state index in [9.17, 15) is 4.79 Å². The Kier molecular flexibility index (Phi) is 3.58. The molecule has 0 unspecified atom stereocenters. The molecule has 0 amide bonds. The van der Waals surface area contributed by atoms with Gasteiger partial charge in [-0.15, -0.1) is 0 Å². The summed E-state index contributed by atoms with van der Waals surface area (Å²) >= 11 is 8.55. The number of rotatable bonds is 3. The van der Waals surface area contributed by atoms with Crippen LogP contribution in [0.5, 0.6) is 0 Å². The van der Waals surface area contributed by atoms with Gasteiger partial charge in [0.2, 0.25) is 0 Å². The standard InChI is InChI=1S/C10H7ClN2OS2/c1-6-12-10(16-13-6)15-9-3-2-8(11)4-7(9)5-14/h2-5H,1H3. The lowest BCUT2D eigenvalue weighted by atomic mass is 10.2. The van der Waals surface area contributed by atoms with Gasteiger partial charge in [0.15, 0.2) is 10.6 Å². The highest BCUT2D eigenvalue weighted by molar-refractivity contribution is 8.01. The molecule has 3 nitrogen and oxygen atoms in total. The summed E-state index contributed by atoms with van der Waals surface area (Å²) in [5, 5.41) is 0.555. The summed E-state index contributed by atoms with van der Waals surface area (Å²) < 4.78 is 4.90. The van der Waals surface area contributed by atoms with Crippen molar-refractivity contribution >= 4 is 41.2 Å². The van der Waals surface area contributed by atoms with Crippen molar-refractivity contribution in [2.75, 3.05) is 0 Å². The first-order chi connectivity index (χ1) is 7.69. The van der Waals surface area contributed by atoms with Gasteiger partial charge in [-0.2, -0.15) is 4.37 Å². The number of carbonyl (C=O) groups is 1. The molecule has 82 valence electrons. The van der Waals surface area contributed by atoms with Crippen LogP contribution in [0.2, 0.25) is 5.02 Å². The minimum Gasteiger partial charge on any atom is -0.298 e. The van der Waals surface area contributed by atoms with E-state index in [-0.39, 0.29) is 0 Å². The van der Waals surface area contributed by atoms with Crippen LogP contribution in [0.4, 0.5) is 0 Å². The fourth-order valence-corrected chi connectivity index (χ4v) is 2.98. The Bertz CT molecular complexity index is 527. The molecule has 1 aromatic carbocycles. The van der Waals surface area contributed by atoms with Gasteiger partial charge >= 0.3 is 0 Å². The molecule has 6 heteroatoms. The van der Waals surface area contributed by atoms with E-state index in [1.165, 1.54) is 23.3 Å². The second-order valence-electron chi connectivity index (χ2n) is 3.01. The highest BCUT2D eigenvalue weighted by Gasteiger charge is 2.07. The molecular weight excluding hydrogens is 264 g/mol. The average Bonchev–Trinajstić information content (AvgIpc) is 2.67. The zero-order valence-electron chi connectivity index (χ0n) is 8.31. The summed E-state index contributed by atoms with van der Waals surface area (Å²) in [6.07, 6.45) is 0.794. The van der Waals surface area contributed by atoms with Gasteiger partial charge in [0.05, 0.1) is 0 Å². The van der Waals surface area contributed by atoms with Crippen molar-refractivity contribution in [1.29, 1.82) is 0 Å². The van der Waals surface area contributed by atoms with Crippen molar-refractivity contribution < 1.29 is 4.79 Å². The van der Waals surface area contributed by atoms with E-state index in [2.05, 4.69) is 9.36 Å². The maximum absolute atomic E-state index is 10.9. The number of aldehydes is 1. The van der Waals surface area contributed by atoms with Gasteiger partial charge in [-0.1, -0.05) is 23.4 Å². The smallest absolute Gasteiger partial charge is 0.174 e. The van der Waals surface area contributed by atoms with Gasteiger partial charge in [0, 0.05) is 15.5 Å². The molecule has 0 aliphatic rings. The molecule has 0 spiro atoms. The van der Waals surface area contributed by atoms with E-state index in [4.69, 9.17) is 11.6 Å². The van der Waals surface area contributed by atoms with E-state index in [1.807, 2.05) is 13.0 Å². The number of benzene rings is 1. The maximum atomic E-state index is 10.9. The number of hydrogen-bond acceptors (Lipinski definition) is 5. The first-order valence-corrected chi connectivity index (χ1v) is 6.39. The monoisotopic (exact) mass is 270 g/mol. The van der Waals surface area contributed by atoms with Gasteiger partial charge in [-0.3, -0.25) is 4.79 Å². The van der Waals surface area contributed by atoms with Crippen molar-refractivity contribution in [1.82, 2.24) is 9.36 Å². The van der Waals surface area contributed by atoms with Gasteiger partial charge in [-0.05, 0) is 36.7 Å². The summed E-state index contributed by atoms with van der Waals surface area (Å²) in [6.45, 7) is 1.84. The Morgan fingerprint density at radius 3 is 2.94 bits per heavy atom. The summed E-state index contributed by atoms with van der Waals surface area (Å²) in [4.78, 5) is 15.9. The van der Waals surface area contributed by atoms with Crippen LogP contribution in [0, 0.1) is 6.92 Å². The van der Waals surface area contributed by atoms with Crippen molar-refractivity contribution in [3.63, 3.8) is 0 Å². The third-order valence-corrected chi connectivity index (χ3v) is 3.97. The Balaban J connectivity index is 2.30. The Hall–Kier alpha value is -0.910. The number of aryl methyl sites for hydroxylation is 1. The highest BCUT2D eigenvalue weighted by Crippen LogP contribution is 2.32. The SMILES string of the molecule is Cc1nsc(Sc2ccc(Cl)cc2C=O)n1. The second kappa shape index (κ2) is 4.95. The molecule has 0 bridgehead atoms. The lowest BCUT2D eigenvalue weighted by molar-refractivity contribution is 0.112. The Labute approximate surface area is 106 Å². The molecule has 1 aromatic heterocycles. The summed E-state index contributed by atoms with van der Waals surface area (Å²) in [6, 6.07) is 5.21. The quantitative estimate of drug-likeness (QED) is 0.801. The van der Waals surface area contributed by atoms with Gasteiger partial charge in [0.1, 0.15) is 5.82 Å². The molecule has 0 atom stereocenters. The third-order valence-electron chi connectivity index (χ3n) is 1.81. The molecule has 0 aliphatic carbocycles. The maximum Gasteiger partial charge on any atom is 0.174 e. The fourth-order valence-electron chi connectivity index (χ4n) is 1.12. The number of halogens is 1. The normalized spacial score (nSPS) is 10.4. The largest absolute Gasteiger partial charge is 0.298 e. The summed E-state index contributed by atoms with van der Waals surface area (Å²) in [5.41, 5.74) is 0.574. The number of carbonyl (C=O) groups excluding carboxylic acids is 1. The number of nitrogens with zero attached hydrogens (tertiary/aromatic N) is 2. The van der Waals surface area contributed by atoms with Crippen molar-refractivity contribution in [2.45, 2.75) is 16.2 Å². The third kappa shape index (κ3) is 2.61. The minimum atomic E-state index is 0.555. The predicted molar refractivity (Wildman–Crippen MR) is 65.6 cm³/mol. The number of hydrogen-bond donors (Lipinski definition) is 0. The first-order valence-electron chi connectivity index (χ1n) is 4.42. The molecule has 2 aromatic rings. The minimum absolute atomic E-state index is 0.555. The van der Waals surface area contributed by atoms with Crippen LogP contribution in [-0.4, -0.2) is 15.6 Å². The lowest BCUT2D eigenvalue weighted by Gasteiger charge is -2.01. The molecule has 1 heterocycles. The number of aromatic nitrogens is 2. The van der Waals surface area contributed by atoms with Crippen molar-refractivity contribution in [3.05, 3.63) is 34.6 Å². The van der Waals surface area contributed by atoms with E-state index in [0.29, 0.717) is 10.6 Å². The zero-order chi connectivity index (χ0) is 11.5. The topological polar surface area (TPSA) is 42.9 Å². The van der Waals surface area contributed by atoms with Gasteiger partial charge in [0.25, 0.3) is 0 Å². The summed E-state index contributed by atoms with van der Waals surface area (Å²) in [7, 11) is 0. The van der Waals surface area contributed by atoms with Crippen LogP contribution in [0.1, 0.15) is 16.2 Å². The van der Waals surface area contributed by atoms with E-state index in [1.54, 1.807) is 12.1 Å². The second-order valence-corrected chi connectivity index (χ2v) is 5.49. The van der Waals surface area contributed by atoms with Crippen LogP contribution in [-0.2, 0) is 0 Å². The Morgan fingerprint density at radius 2 is 2.31 bits per heavy atom. The molecule has 0 radical (unpaired) electrons. The lowest BCUT2D eigenvalue weighted by Crippen LogP contribution is -1.84. The zero-order valence-corrected chi connectivity index (χ0v) is 10.7. The van der Waals surface area contributed by atoms with Gasteiger partial charge < -0.3 is 0 Å². The van der Waals surface area contributed by atoms with Crippen LogP contribution < -0.4 is 0 Å².